The van der Waals surface area contributed by atoms with E-state index in [0.29, 0.717) is 0 Å². The van der Waals surface area contributed by atoms with Crippen LogP contribution in [0.2, 0.25) is 19.6 Å². The van der Waals surface area contributed by atoms with Crippen LogP contribution in [0.25, 0.3) is 33.2 Å². The van der Waals surface area contributed by atoms with E-state index < -0.39 is 8.07 Å². The smallest absolute Gasteiger partial charge is 0.120 e. The zero-order valence-corrected chi connectivity index (χ0v) is 23.3. The Morgan fingerprint density at radius 2 is 1.77 bits per heavy atom. The van der Waals surface area contributed by atoms with Crippen LogP contribution in [0.5, 0.6) is 0 Å². The molecular weight excluding hydrogens is 575 g/mol. The van der Waals surface area contributed by atoms with Gasteiger partial charge in [-0.1, -0.05) is 68.6 Å². The van der Waals surface area contributed by atoms with Gasteiger partial charge < -0.3 is 9.40 Å². The van der Waals surface area contributed by atoms with Gasteiger partial charge in [-0.3, -0.25) is 0 Å². The Morgan fingerprint density at radius 1 is 1.06 bits per heavy atom. The standard InChI is InChI=1S/C27H32NOSi.Ir/c1-17-13-14-28-25(18(17)2)20-10-12-23(30(6,7)8)24-21-15-19(16-27(3,4)5)9-11-22(21)29-26(20)24;/h9,11-15H,16H2,1-8H3;/q-1;. The molecule has 31 heavy (non-hydrogen) atoms. The third-order valence-electron chi connectivity index (χ3n) is 5.86. The Bertz CT molecular complexity index is 1260. The number of nitrogens with zero attached hydrogens (tertiary/aromatic N) is 1. The van der Waals surface area contributed by atoms with E-state index in [-0.39, 0.29) is 25.5 Å². The van der Waals surface area contributed by atoms with Gasteiger partial charge in [0.1, 0.15) is 5.58 Å². The van der Waals surface area contributed by atoms with Crippen molar-refractivity contribution in [2.45, 2.75) is 60.7 Å². The molecule has 0 aliphatic rings. The second-order valence-corrected chi connectivity index (χ2v) is 15.8. The Balaban J connectivity index is 0.00000272. The second-order valence-electron chi connectivity index (χ2n) is 10.8. The molecule has 0 saturated carbocycles. The molecule has 0 aliphatic carbocycles. The molecule has 4 rings (SSSR count). The summed E-state index contributed by atoms with van der Waals surface area (Å²) in [5.74, 6) is 0. The van der Waals surface area contributed by atoms with E-state index in [2.05, 4.69) is 90.7 Å². The van der Waals surface area contributed by atoms with Crippen molar-refractivity contribution >= 4 is 35.2 Å². The van der Waals surface area contributed by atoms with Crippen molar-refractivity contribution in [2.24, 2.45) is 5.41 Å². The SMILES string of the molecule is Cc1ccnc(-c2[c-]cc([Si](C)(C)C)c3c2oc2ccc(CC(C)(C)C)cc23)c1C.[Ir]. The van der Waals surface area contributed by atoms with Crippen molar-refractivity contribution in [3.05, 3.63) is 59.3 Å². The summed E-state index contributed by atoms with van der Waals surface area (Å²) in [6.45, 7) is 18.3. The molecule has 0 spiro atoms. The second kappa shape index (κ2) is 8.31. The average Bonchev–Trinajstić information content (AvgIpc) is 3.00. The number of benzene rings is 2. The van der Waals surface area contributed by atoms with Crippen LogP contribution in [0.3, 0.4) is 0 Å². The first-order chi connectivity index (χ1) is 14.0. The summed E-state index contributed by atoms with van der Waals surface area (Å²) in [4.78, 5) is 4.71. The first-order valence-corrected chi connectivity index (χ1v) is 14.3. The summed E-state index contributed by atoms with van der Waals surface area (Å²) in [5.41, 5.74) is 7.85. The van der Waals surface area contributed by atoms with E-state index in [1.807, 2.05) is 6.20 Å². The van der Waals surface area contributed by atoms with Crippen LogP contribution >= 0.6 is 0 Å². The number of furan rings is 1. The summed E-state index contributed by atoms with van der Waals surface area (Å²) >= 11 is 0. The van der Waals surface area contributed by atoms with Crippen LogP contribution in [0.15, 0.2) is 40.9 Å². The van der Waals surface area contributed by atoms with E-state index in [4.69, 9.17) is 9.40 Å². The van der Waals surface area contributed by atoms with E-state index in [0.717, 1.165) is 28.8 Å². The molecule has 0 N–H and O–H groups in total. The molecule has 1 radical (unpaired) electrons. The van der Waals surface area contributed by atoms with Crippen LogP contribution in [0.4, 0.5) is 0 Å². The van der Waals surface area contributed by atoms with Gasteiger partial charge in [0.25, 0.3) is 0 Å². The minimum Gasteiger partial charge on any atom is -0.501 e. The molecule has 2 aromatic heterocycles. The molecule has 0 aliphatic heterocycles. The molecule has 4 aromatic rings. The number of aromatic nitrogens is 1. The molecule has 0 fully saturated rings. The van der Waals surface area contributed by atoms with Gasteiger partial charge in [-0.2, -0.15) is 0 Å². The maximum Gasteiger partial charge on any atom is 0.120 e. The van der Waals surface area contributed by atoms with E-state index in [1.54, 1.807) is 0 Å². The summed E-state index contributed by atoms with van der Waals surface area (Å²) in [7, 11) is -1.60. The van der Waals surface area contributed by atoms with Crippen molar-refractivity contribution in [1.82, 2.24) is 4.98 Å². The van der Waals surface area contributed by atoms with Crippen LogP contribution in [0, 0.1) is 25.3 Å². The van der Waals surface area contributed by atoms with Gasteiger partial charge in [-0.25, -0.2) is 0 Å². The largest absolute Gasteiger partial charge is 0.501 e. The molecule has 4 heteroatoms. The van der Waals surface area contributed by atoms with Gasteiger partial charge >= 0.3 is 0 Å². The third kappa shape index (κ3) is 4.57. The number of hydrogen-bond donors (Lipinski definition) is 0. The van der Waals surface area contributed by atoms with E-state index in [9.17, 15) is 0 Å². The van der Waals surface area contributed by atoms with Crippen molar-refractivity contribution in [1.29, 1.82) is 0 Å². The Morgan fingerprint density at radius 3 is 2.42 bits per heavy atom. The normalized spacial score (nSPS) is 12.4. The van der Waals surface area contributed by atoms with Gasteiger partial charge in [0.2, 0.25) is 0 Å². The fourth-order valence-electron chi connectivity index (χ4n) is 4.24. The van der Waals surface area contributed by atoms with Crippen molar-refractivity contribution < 1.29 is 24.5 Å². The Hall–Kier alpha value is -1.74. The quantitative estimate of drug-likeness (QED) is 0.182. The van der Waals surface area contributed by atoms with Crippen LogP contribution in [-0.2, 0) is 26.5 Å². The first kappa shape index (κ1) is 23.9. The predicted octanol–water partition coefficient (Wildman–Crippen LogP) is 7.20. The summed E-state index contributed by atoms with van der Waals surface area (Å²) in [6.07, 6.45) is 2.93. The van der Waals surface area contributed by atoms with Crippen molar-refractivity contribution in [2.75, 3.05) is 0 Å². The minimum atomic E-state index is -1.60. The van der Waals surface area contributed by atoms with Gasteiger partial charge in [-0.05, 0) is 55.1 Å². The first-order valence-electron chi connectivity index (χ1n) is 10.8. The molecule has 0 amide bonds. The van der Waals surface area contributed by atoms with Gasteiger partial charge in [0, 0.05) is 39.8 Å². The molecule has 0 saturated heterocycles. The summed E-state index contributed by atoms with van der Waals surface area (Å²) < 4.78 is 6.50. The number of pyridine rings is 1. The van der Waals surface area contributed by atoms with Gasteiger partial charge in [-0.15, -0.1) is 17.3 Å². The number of aryl methyl sites for hydroxylation is 1. The molecule has 165 valence electrons. The van der Waals surface area contributed by atoms with Crippen molar-refractivity contribution in [3.63, 3.8) is 0 Å². The fourth-order valence-corrected chi connectivity index (χ4v) is 5.75. The monoisotopic (exact) mass is 607 g/mol. The zero-order chi connectivity index (χ0) is 21.8. The molecule has 0 atom stereocenters. The van der Waals surface area contributed by atoms with E-state index in [1.165, 1.54) is 32.6 Å². The number of fused-ring (bicyclic) bond motifs is 3. The molecule has 2 heterocycles. The van der Waals surface area contributed by atoms with Gasteiger partial charge in [0.05, 0.1) is 5.58 Å². The number of rotatable bonds is 3. The van der Waals surface area contributed by atoms with Gasteiger partial charge in [0.15, 0.2) is 0 Å². The van der Waals surface area contributed by atoms with Crippen LogP contribution in [-0.4, -0.2) is 13.1 Å². The zero-order valence-electron chi connectivity index (χ0n) is 19.9. The molecule has 2 nitrogen and oxygen atoms in total. The predicted molar refractivity (Wildman–Crippen MR) is 131 cm³/mol. The fraction of sp³-hybridized carbons (Fsp3) is 0.370. The maximum absolute atomic E-state index is 6.50. The van der Waals surface area contributed by atoms with Crippen LogP contribution in [0.1, 0.15) is 37.5 Å². The summed E-state index contributed by atoms with van der Waals surface area (Å²) in [6, 6.07) is 14.5. The minimum absolute atomic E-state index is 0. The van der Waals surface area contributed by atoms with Crippen molar-refractivity contribution in [3.8, 4) is 11.3 Å². The maximum atomic E-state index is 6.50. The Kier molecular flexibility index (Phi) is 6.41. The topological polar surface area (TPSA) is 26.0 Å². The summed E-state index contributed by atoms with van der Waals surface area (Å²) in [5, 5.41) is 3.89. The number of hydrogen-bond acceptors (Lipinski definition) is 2. The van der Waals surface area contributed by atoms with Crippen LogP contribution < -0.4 is 5.19 Å². The molecule has 0 bridgehead atoms. The molecular formula is C27H32IrNOSi-. The molecule has 0 unspecified atom stereocenters. The Labute approximate surface area is 200 Å². The third-order valence-corrected chi connectivity index (χ3v) is 7.87. The average molecular weight is 607 g/mol. The van der Waals surface area contributed by atoms with E-state index >= 15 is 0 Å². The molecule has 2 aromatic carbocycles.